The number of carbonyl (C=O) groups is 2. The molecule has 1 fully saturated rings. The number of likely N-dealkylation sites (N-methyl/N-ethyl adjacent to an activating group) is 2. The average molecular weight is 214 g/mol. The lowest BCUT2D eigenvalue weighted by atomic mass is 10.0. The highest BCUT2D eigenvalue weighted by Gasteiger charge is 2.36. The van der Waals surface area contributed by atoms with Crippen LogP contribution in [0.4, 0.5) is 0 Å². The smallest absolute Gasteiger partial charge is 0.305 e. The fraction of sp³-hybridized carbons (Fsp3) is 0.800. The molecule has 86 valence electrons. The van der Waals surface area contributed by atoms with E-state index in [0.717, 1.165) is 6.54 Å². The van der Waals surface area contributed by atoms with Gasteiger partial charge in [0.05, 0.1) is 12.5 Å². The highest BCUT2D eigenvalue weighted by molar-refractivity contribution is 5.87. The Morgan fingerprint density at radius 2 is 2.20 bits per heavy atom. The number of carboxylic acids is 1. The Balaban J connectivity index is 2.78. The second-order valence-corrected chi connectivity index (χ2v) is 4.03. The van der Waals surface area contributed by atoms with Crippen molar-refractivity contribution in [2.24, 2.45) is 0 Å². The lowest BCUT2D eigenvalue weighted by molar-refractivity contribution is -0.150. The van der Waals surface area contributed by atoms with Gasteiger partial charge in [0, 0.05) is 19.1 Å². The van der Waals surface area contributed by atoms with E-state index in [-0.39, 0.29) is 18.4 Å². The van der Waals surface area contributed by atoms with Gasteiger partial charge in [0.1, 0.15) is 0 Å². The molecule has 1 N–H and O–H groups in total. The molecule has 15 heavy (non-hydrogen) atoms. The summed E-state index contributed by atoms with van der Waals surface area (Å²) >= 11 is 0. The molecule has 2 unspecified atom stereocenters. The maximum atomic E-state index is 11.9. The normalized spacial score (nSPS) is 28.2. The van der Waals surface area contributed by atoms with Crippen molar-refractivity contribution in [1.82, 2.24) is 9.80 Å². The van der Waals surface area contributed by atoms with Crippen LogP contribution in [0, 0.1) is 0 Å². The fourth-order valence-electron chi connectivity index (χ4n) is 2.12. The fourth-order valence-corrected chi connectivity index (χ4v) is 2.12. The Morgan fingerprint density at radius 1 is 1.60 bits per heavy atom. The zero-order chi connectivity index (χ0) is 11.6. The predicted molar refractivity (Wildman–Crippen MR) is 55.5 cm³/mol. The summed E-state index contributed by atoms with van der Waals surface area (Å²) in [6, 6.07) is -0.337. The third-order valence-corrected chi connectivity index (χ3v) is 2.89. The van der Waals surface area contributed by atoms with Gasteiger partial charge in [-0.25, -0.2) is 0 Å². The number of amides is 1. The first-order valence-electron chi connectivity index (χ1n) is 5.19. The summed E-state index contributed by atoms with van der Waals surface area (Å²) in [5.41, 5.74) is 0. The maximum absolute atomic E-state index is 11.9. The van der Waals surface area contributed by atoms with E-state index in [1.165, 1.54) is 0 Å². The standard InChI is InChI=1S/C10H18N2O3/c1-4-12-7(2)6-11(3)8(10(12)15)5-9(13)14/h7-8H,4-6H2,1-3H3,(H,13,14). The Morgan fingerprint density at radius 3 is 2.67 bits per heavy atom. The third-order valence-electron chi connectivity index (χ3n) is 2.89. The molecule has 1 aliphatic rings. The number of hydrogen-bond donors (Lipinski definition) is 1. The van der Waals surface area contributed by atoms with Gasteiger partial charge in [-0.2, -0.15) is 0 Å². The van der Waals surface area contributed by atoms with Crippen LogP contribution in [0.2, 0.25) is 0 Å². The minimum Gasteiger partial charge on any atom is -0.481 e. The van der Waals surface area contributed by atoms with Gasteiger partial charge in [0.15, 0.2) is 0 Å². The predicted octanol–water partition coefficient (Wildman–Crippen LogP) is 0.0121. The second-order valence-electron chi connectivity index (χ2n) is 4.03. The molecular weight excluding hydrogens is 196 g/mol. The molecule has 0 bridgehead atoms. The molecular formula is C10H18N2O3. The van der Waals surface area contributed by atoms with Gasteiger partial charge in [-0.05, 0) is 20.9 Å². The van der Waals surface area contributed by atoms with Crippen LogP contribution in [0.1, 0.15) is 20.3 Å². The Labute approximate surface area is 89.7 Å². The number of piperazine rings is 1. The van der Waals surface area contributed by atoms with Crippen molar-refractivity contribution in [2.75, 3.05) is 20.1 Å². The van der Waals surface area contributed by atoms with Crippen molar-refractivity contribution in [2.45, 2.75) is 32.4 Å². The van der Waals surface area contributed by atoms with Crippen LogP contribution in [0.25, 0.3) is 0 Å². The van der Waals surface area contributed by atoms with Crippen LogP contribution >= 0.6 is 0 Å². The maximum Gasteiger partial charge on any atom is 0.305 e. The van der Waals surface area contributed by atoms with Crippen LogP contribution in [0.3, 0.4) is 0 Å². The first-order valence-corrected chi connectivity index (χ1v) is 5.19. The van der Waals surface area contributed by atoms with Gasteiger partial charge in [-0.3, -0.25) is 14.5 Å². The average Bonchev–Trinajstić information content (AvgIpc) is 2.12. The summed E-state index contributed by atoms with van der Waals surface area (Å²) in [6.45, 7) is 5.27. The Kier molecular flexibility index (Phi) is 3.68. The van der Waals surface area contributed by atoms with Crippen LogP contribution < -0.4 is 0 Å². The van der Waals surface area contributed by atoms with Gasteiger partial charge < -0.3 is 10.0 Å². The third kappa shape index (κ3) is 2.47. The zero-order valence-corrected chi connectivity index (χ0v) is 9.43. The summed E-state index contributed by atoms with van der Waals surface area (Å²) in [6.07, 6.45) is -0.113. The van der Waals surface area contributed by atoms with Crippen molar-refractivity contribution >= 4 is 11.9 Å². The van der Waals surface area contributed by atoms with Crippen molar-refractivity contribution in [3.63, 3.8) is 0 Å². The lowest BCUT2D eigenvalue weighted by Crippen LogP contribution is -2.59. The molecule has 0 aromatic rings. The molecule has 0 saturated carbocycles. The van der Waals surface area contributed by atoms with E-state index in [2.05, 4.69) is 0 Å². The summed E-state index contributed by atoms with van der Waals surface area (Å²) < 4.78 is 0. The SMILES string of the molecule is CCN1C(=O)C(CC(=O)O)N(C)CC1C. The molecule has 1 amide bonds. The topological polar surface area (TPSA) is 60.9 Å². The summed E-state index contributed by atoms with van der Waals surface area (Å²) in [5, 5.41) is 8.73. The van der Waals surface area contributed by atoms with E-state index in [1.807, 2.05) is 18.7 Å². The number of nitrogens with zero attached hydrogens (tertiary/aromatic N) is 2. The molecule has 0 aromatic carbocycles. The van der Waals surface area contributed by atoms with Crippen LogP contribution in [0.15, 0.2) is 0 Å². The molecule has 1 saturated heterocycles. The molecule has 1 heterocycles. The number of carbonyl (C=O) groups excluding carboxylic acids is 1. The van der Waals surface area contributed by atoms with Crippen LogP contribution in [-0.2, 0) is 9.59 Å². The Hall–Kier alpha value is -1.10. The van der Waals surface area contributed by atoms with Gasteiger partial charge in [0.2, 0.25) is 5.91 Å². The number of hydrogen-bond acceptors (Lipinski definition) is 3. The summed E-state index contributed by atoms with van der Waals surface area (Å²) in [4.78, 5) is 26.1. The zero-order valence-electron chi connectivity index (χ0n) is 9.43. The van der Waals surface area contributed by atoms with Crippen molar-refractivity contribution < 1.29 is 14.7 Å². The van der Waals surface area contributed by atoms with Gasteiger partial charge in [-0.15, -0.1) is 0 Å². The summed E-state index contributed by atoms with van der Waals surface area (Å²) in [5.74, 6) is -0.994. The minimum atomic E-state index is -0.925. The molecule has 0 spiro atoms. The van der Waals surface area contributed by atoms with E-state index in [4.69, 9.17) is 5.11 Å². The molecule has 0 radical (unpaired) electrons. The number of aliphatic carboxylic acids is 1. The van der Waals surface area contributed by atoms with Gasteiger partial charge in [0.25, 0.3) is 0 Å². The number of rotatable bonds is 3. The highest BCUT2D eigenvalue weighted by atomic mass is 16.4. The quantitative estimate of drug-likeness (QED) is 0.719. The molecule has 1 aliphatic heterocycles. The largest absolute Gasteiger partial charge is 0.481 e. The van der Waals surface area contributed by atoms with Crippen molar-refractivity contribution in [1.29, 1.82) is 0 Å². The van der Waals surface area contributed by atoms with Gasteiger partial charge in [-0.1, -0.05) is 0 Å². The monoisotopic (exact) mass is 214 g/mol. The molecule has 0 aromatic heterocycles. The van der Waals surface area contributed by atoms with Gasteiger partial charge >= 0.3 is 5.97 Å². The van der Waals surface area contributed by atoms with Crippen molar-refractivity contribution in [3.8, 4) is 0 Å². The Bertz CT molecular complexity index is 267. The van der Waals surface area contributed by atoms with E-state index in [1.54, 1.807) is 11.9 Å². The first kappa shape index (κ1) is 12.0. The van der Waals surface area contributed by atoms with Crippen molar-refractivity contribution in [3.05, 3.63) is 0 Å². The molecule has 0 aliphatic carbocycles. The molecule has 1 rings (SSSR count). The molecule has 2 atom stereocenters. The molecule has 5 nitrogen and oxygen atoms in total. The number of carboxylic acid groups (broad SMARTS) is 1. The van der Waals surface area contributed by atoms with E-state index in [9.17, 15) is 9.59 Å². The minimum absolute atomic E-state index is 0.0684. The lowest BCUT2D eigenvalue weighted by Gasteiger charge is -2.42. The van der Waals surface area contributed by atoms with E-state index in [0.29, 0.717) is 6.54 Å². The second kappa shape index (κ2) is 4.61. The van der Waals surface area contributed by atoms with E-state index >= 15 is 0 Å². The molecule has 5 heteroatoms. The first-order chi connectivity index (χ1) is 6.97. The van der Waals surface area contributed by atoms with E-state index < -0.39 is 12.0 Å². The summed E-state index contributed by atoms with van der Waals surface area (Å²) in [7, 11) is 1.80. The van der Waals surface area contributed by atoms with Crippen LogP contribution in [0.5, 0.6) is 0 Å². The van der Waals surface area contributed by atoms with Crippen LogP contribution in [-0.4, -0.2) is 59.0 Å². The highest BCUT2D eigenvalue weighted by Crippen LogP contribution is 2.17.